The Labute approximate surface area is 393 Å². The second-order valence-electron chi connectivity index (χ2n) is 20.5. The van der Waals surface area contributed by atoms with Crippen molar-refractivity contribution in [2.75, 3.05) is 13.2 Å². The number of hydrogen-bond acceptors (Lipinski definition) is 6. The van der Waals surface area contributed by atoms with Crippen LogP contribution in [-0.4, -0.2) is 37.2 Å². The molecule has 0 heterocycles. The molecule has 0 bridgehead atoms. The van der Waals surface area contributed by atoms with Crippen LogP contribution in [0.4, 0.5) is 0 Å². The van der Waals surface area contributed by atoms with E-state index in [9.17, 15) is 14.4 Å². The van der Waals surface area contributed by atoms with Crippen LogP contribution >= 0.6 is 0 Å². The molecule has 0 rings (SSSR count). The summed E-state index contributed by atoms with van der Waals surface area (Å²) >= 11 is 0. The lowest BCUT2D eigenvalue weighted by Crippen LogP contribution is -2.30. The molecule has 0 radical (unpaired) electrons. The number of carbonyl (C=O) groups is 3. The van der Waals surface area contributed by atoms with Crippen LogP contribution in [0.1, 0.15) is 317 Å². The molecule has 6 heteroatoms. The summed E-state index contributed by atoms with van der Waals surface area (Å²) in [6, 6.07) is 0. The van der Waals surface area contributed by atoms with Gasteiger partial charge in [0.05, 0.1) is 0 Å². The van der Waals surface area contributed by atoms with Crippen molar-refractivity contribution in [2.45, 2.75) is 323 Å². The number of unbranched alkanes of at least 4 members (excludes halogenated alkanes) is 36. The molecular weight excluding hydrogens is 781 g/mol. The third-order valence-electron chi connectivity index (χ3n) is 13.0. The maximum atomic E-state index is 12.8. The lowest BCUT2D eigenvalue weighted by molar-refractivity contribution is -0.167. The van der Waals surface area contributed by atoms with E-state index < -0.39 is 6.10 Å². The summed E-state index contributed by atoms with van der Waals surface area (Å²) in [4.78, 5) is 38.0. The molecule has 0 aromatic carbocycles. The van der Waals surface area contributed by atoms with Gasteiger partial charge in [-0.25, -0.2) is 0 Å². The van der Waals surface area contributed by atoms with Crippen LogP contribution in [0.25, 0.3) is 0 Å². The Morgan fingerprint density at radius 3 is 0.778 bits per heavy atom. The smallest absolute Gasteiger partial charge is 0.306 e. The molecule has 0 aromatic heterocycles. The summed E-state index contributed by atoms with van der Waals surface area (Å²) in [6.45, 7) is 11.4. The lowest BCUT2D eigenvalue weighted by atomic mass is 10.0. The van der Waals surface area contributed by atoms with Gasteiger partial charge in [0.15, 0.2) is 6.10 Å². The van der Waals surface area contributed by atoms with Crippen molar-refractivity contribution < 1.29 is 28.6 Å². The molecule has 63 heavy (non-hydrogen) atoms. The van der Waals surface area contributed by atoms with Crippen molar-refractivity contribution in [1.82, 2.24) is 0 Å². The van der Waals surface area contributed by atoms with E-state index in [4.69, 9.17) is 14.2 Å². The highest BCUT2D eigenvalue weighted by Gasteiger charge is 2.19. The third kappa shape index (κ3) is 51.3. The van der Waals surface area contributed by atoms with Gasteiger partial charge in [0.1, 0.15) is 13.2 Å². The average molecular weight is 892 g/mol. The first-order valence-corrected chi connectivity index (χ1v) is 28.2. The van der Waals surface area contributed by atoms with Gasteiger partial charge in [-0.1, -0.05) is 279 Å². The minimum Gasteiger partial charge on any atom is -0.462 e. The minimum atomic E-state index is -0.762. The normalized spacial score (nSPS) is 12.0. The fraction of sp³-hybridized carbons (Fsp3) is 0.947. The topological polar surface area (TPSA) is 78.9 Å². The highest BCUT2D eigenvalue weighted by atomic mass is 16.6. The van der Waals surface area contributed by atoms with Gasteiger partial charge in [-0.05, 0) is 31.1 Å². The zero-order valence-electron chi connectivity index (χ0n) is 43.2. The lowest BCUT2D eigenvalue weighted by Gasteiger charge is -2.18. The molecule has 6 nitrogen and oxygen atoms in total. The van der Waals surface area contributed by atoms with Gasteiger partial charge >= 0.3 is 17.9 Å². The standard InChI is InChI=1S/C57H110O6/c1-6-7-8-9-10-11-12-13-16-20-23-26-32-37-42-47-55(58)61-50-54(63-57(60)49-44-39-34-29-28-31-36-41-46-53(4)5)51-62-56(59)48-43-38-33-27-24-21-18-15-14-17-19-22-25-30-35-40-45-52(2)3/h52-54H,6-51H2,1-5H3/t54-/m1/s1. The monoisotopic (exact) mass is 891 g/mol. The number of ether oxygens (including phenoxy) is 3. The molecule has 0 spiro atoms. The van der Waals surface area contributed by atoms with Gasteiger partial charge in [0, 0.05) is 19.3 Å². The largest absolute Gasteiger partial charge is 0.462 e. The van der Waals surface area contributed by atoms with Crippen LogP contribution in [0.15, 0.2) is 0 Å². The van der Waals surface area contributed by atoms with Gasteiger partial charge < -0.3 is 14.2 Å². The molecule has 0 aromatic rings. The predicted octanol–water partition coefficient (Wildman–Crippen LogP) is 18.5. The van der Waals surface area contributed by atoms with Crippen LogP contribution < -0.4 is 0 Å². The van der Waals surface area contributed by atoms with E-state index >= 15 is 0 Å². The first kappa shape index (κ1) is 61.4. The molecule has 0 unspecified atom stereocenters. The summed E-state index contributed by atoms with van der Waals surface area (Å²) < 4.78 is 16.9. The number of rotatable bonds is 51. The maximum absolute atomic E-state index is 12.8. The van der Waals surface area contributed by atoms with E-state index in [0.29, 0.717) is 19.3 Å². The van der Waals surface area contributed by atoms with Gasteiger partial charge in [-0.3, -0.25) is 14.4 Å². The molecule has 0 fully saturated rings. The first-order valence-electron chi connectivity index (χ1n) is 28.2. The Hall–Kier alpha value is -1.59. The van der Waals surface area contributed by atoms with Gasteiger partial charge in [0.2, 0.25) is 0 Å². The zero-order chi connectivity index (χ0) is 46.1. The average Bonchev–Trinajstić information content (AvgIpc) is 3.25. The van der Waals surface area contributed by atoms with Crippen LogP contribution in [-0.2, 0) is 28.6 Å². The van der Waals surface area contributed by atoms with E-state index in [0.717, 1.165) is 69.6 Å². The minimum absolute atomic E-state index is 0.0634. The van der Waals surface area contributed by atoms with E-state index in [-0.39, 0.29) is 31.1 Å². The Morgan fingerprint density at radius 2 is 0.524 bits per heavy atom. The molecule has 0 aliphatic carbocycles. The summed E-state index contributed by atoms with van der Waals surface area (Å²) in [6.07, 6.45) is 52.4. The Balaban J connectivity index is 4.24. The molecule has 0 saturated heterocycles. The number of esters is 3. The van der Waals surface area contributed by atoms with Crippen molar-refractivity contribution in [3.63, 3.8) is 0 Å². The number of hydrogen-bond donors (Lipinski definition) is 0. The fourth-order valence-corrected chi connectivity index (χ4v) is 8.70. The van der Waals surface area contributed by atoms with Crippen molar-refractivity contribution in [3.05, 3.63) is 0 Å². The second kappa shape index (κ2) is 49.8. The van der Waals surface area contributed by atoms with Gasteiger partial charge in [-0.2, -0.15) is 0 Å². The summed E-state index contributed by atoms with van der Waals surface area (Å²) in [5, 5.41) is 0. The Kier molecular flexibility index (Phi) is 48.6. The van der Waals surface area contributed by atoms with Gasteiger partial charge in [0.25, 0.3) is 0 Å². The Bertz CT molecular complexity index is 962. The van der Waals surface area contributed by atoms with E-state index in [1.165, 1.54) is 205 Å². The summed E-state index contributed by atoms with van der Waals surface area (Å²) in [5.74, 6) is 0.803. The van der Waals surface area contributed by atoms with Crippen LogP contribution in [0.5, 0.6) is 0 Å². The van der Waals surface area contributed by atoms with E-state index in [1.807, 2.05) is 0 Å². The van der Waals surface area contributed by atoms with Crippen molar-refractivity contribution in [2.24, 2.45) is 11.8 Å². The van der Waals surface area contributed by atoms with Crippen molar-refractivity contribution in [1.29, 1.82) is 0 Å². The first-order chi connectivity index (χ1) is 30.7. The molecule has 374 valence electrons. The fourth-order valence-electron chi connectivity index (χ4n) is 8.70. The molecule has 0 N–H and O–H groups in total. The van der Waals surface area contributed by atoms with E-state index in [1.54, 1.807) is 0 Å². The SMILES string of the molecule is CCCCCCCCCCCCCCCCCC(=O)OC[C@H](COC(=O)CCCCCCCCCCCCCCCCCCC(C)C)OC(=O)CCCCCCCCCCC(C)C. The Morgan fingerprint density at radius 1 is 0.302 bits per heavy atom. The maximum Gasteiger partial charge on any atom is 0.306 e. The quantitative estimate of drug-likeness (QED) is 0.0344. The zero-order valence-corrected chi connectivity index (χ0v) is 43.2. The van der Waals surface area contributed by atoms with Crippen LogP contribution in [0.3, 0.4) is 0 Å². The molecule has 0 aliphatic heterocycles. The highest BCUT2D eigenvalue weighted by molar-refractivity contribution is 5.71. The number of carbonyl (C=O) groups excluding carboxylic acids is 3. The molecule has 1 atom stereocenters. The third-order valence-corrected chi connectivity index (χ3v) is 13.0. The van der Waals surface area contributed by atoms with Crippen LogP contribution in [0.2, 0.25) is 0 Å². The second-order valence-corrected chi connectivity index (χ2v) is 20.5. The van der Waals surface area contributed by atoms with Crippen molar-refractivity contribution in [3.8, 4) is 0 Å². The molecule has 0 saturated carbocycles. The van der Waals surface area contributed by atoms with Gasteiger partial charge in [-0.15, -0.1) is 0 Å². The predicted molar refractivity (Wildman–Crippen MR) is 270 cm³/mol. The summed E-state index contributed by atoms with van der Waals surface area (Å²) in [5.41, 5.74) is 0. The molecule has 0 aliphatic rings. The molecule has 0 amide bonds. The van der Waals surface area contributed by atoms with E-state index in [2.05, 4.69) is 34.6 Å². The van der Waals surface area contributed by atoms with Crippen molar-refractivity contribution >= 4 is 17.9 Å². The highest BCUT2D eigenvalue weighted by Crippen LogP contribution is 2.18. The summed E-state index contributed by atoms with van der Waals surface area (Å²) in [7, 11) is 0. The van der Waals surface area contributed by atoms with Crippen LogP contribution in [0, 0.1) is 11.8 Å². The molecular formula is C57H110O6.